The molecule has 0 unspecified atom stereocenters. The highest BCUT2D eigenvalue weighted by Crippen LogP contribution is 2.21. The van der Waals surface area contributed by atoms with Crippen LogP contribution in [0, 0.1) is 5.41 Å². The first-order valence-electron chi connectivity index (χ1n) is 6.58. The molecule has 0 aromatic rings. The molecule has 4 nitrogen and oxygen atoms in total. The van der Waals surface area contributed by atoms with E-state index in [1.807, 2.05) is 0 Å². The molecule has 0 aromatic heterocycles. The number of aliphatic hydroxyl groups excluding tert-OH is 1. The van der Waals surface area contributed by atoms with Gasteiger partial charge in [0.05, 0.1) is 13.2 Å². The molecule has 0 aliphatic heterocycles. The molecule has 0 spiro atoms. The number of hydrogen-bond donors (Lipinski definition) is 2. The quantitative estimate of drug-likeness (QED) is 0.536. The Bertz CT molecular complexity index is 175. The fourth-order valence-corrected chi connectivity index (χ4v) is 1.74. The Morgan fingerprint density at radius 3 is 2.41 bits per heavy atom. The van der Waals surface area contributed by atoms with Crippen molar-refractivity contribution in [3.63, 3.8) is 0 Å². The first-order valence-corrected chi connectivity index (χ1v) is 6.58. The third-order valence-electron chi connectivity index (χ3n) is 3.16. The van der Waals surface area contributed by atoms with Crippen LogP contribution in [0.3, 0.4) is 0 Å². The maximum atomic E-state index is 8.96. The van der Waals surface area contributed by atoms with Crippen molar-refractivity contribution in [2.24, 2.45) is 11.1 Å². The summed E-state index contributed by atoms with van der Waals surface area (Å²) in [4.78, 5) is 2.25. The van der Waals surface area contributed by atoms with Crippen LogP contribution in [-0.4, -0.2) is 56.5 Å². The number of hydrogen-bond acceptors (Lipinski definition) is 4. The molecule has 0 fully saturated rings. The average molecular weight is 246 g/mol. The molecule has 0 heterocycles. The minimum absolute atomic E-state index is 0.220. The van der Waals surface area contributed by atoms with Crippen molar-refractivity contribution in [3.05, 3.63) is 0 Å². The van der Waals surface area contributed by atoms with Crippen molar-refractivity contribution >= 4 is 0 Å². The molecule has 4 heteroatoms. The number of rotatable bonds is 11. The second-order valence-electron chi connectivity index (χ2n) is 5.38. The number of nitrogens with two attached hydrogens (primary N) is 1. The fourth-order valence-electron chi connectivity index (χ4n) is 1.74. The zero-order chi connectivity index (χ0) is 13.1. The van der Waals surface area contributed by atoms with Crippen LogP contribution >= 0.6 is 0 Å². The summed E-state index contributed by atoms with van der Waals surface area (Å²) < 4.78 is 5.06. The van der Waals surface area contributed by atoms with Crippen LogP contribution < -0.4 is 5.73 Å². The highest BCUT2D eigenvalue weighted by Gasteiger charge is 2.14. The van der Waals surface area contributed by atoms with Crippen LogP contribution in [0.1, 0.15) is 33.1 Å². The molecule has 0 amide bonds. The summed E-state index contributed by atoms with van der Waals surface area (Å²) in [6, 6.07) is 0. The largest absolute Gasteiger partial charge is 0.395 e. The van der Waals surface area contributed by atoms with Crippen molar-refractivity contribution < 1.29 is 9.84 Å². The van der Waals surface area contributed by atoms with Crippen molar-refractivity contribution in [1.82, 2.24) is 4.90 Å². The Labute approximate surface area is 106 Å². The third kappa shape index (κ3) is 9.53. The van der Waals surface area contributed by atoms with E-state index >= 15 is 0 Å². The normalized spacial score (nSPS) is 12.4. The predicted octanol–water partition coefficient (Wildman–Crippen LogP) is 1.08. The monoisotopic (exact) mass is 246 g/mol. The zero-order valence-electron chi connectivity index (χ0n) is 11.7. The van der Waals surface area contributed by atoms with Crippen molar-refractivity contribution in [2.45, 2.75) is 33.1 Å². The number of aliphatic hydroxyl groups is 1. The van der Waals surface area contributed by atoms with Crippen LogP contribution in [0.25, 0.3) is 0 Å². The van der Waals surface area contributed by atoms with E-state index in [0.717, 1.165) is 39.2 Å². The Hall–Kier alpha value is -0.160. The Morgan fingerprint density at radius 2 is 1.88 bits per heavy atom. The number of nitrogens with zero attached hydrogens (tertiary/aromatic N) is 1. The van der Waals surface area contributed by atoms with E-state index in [9.17, 15) is 0 Å². The standard InChI is InChI=1S/C13H30N2O2/c1-13(2,12-14)6-4-5-7-15(8-10-16)9-11-17-3/h16H,4-12,14H2,1-3H3. The molecule has 0 aliphatic carbocycles. The van der Waals surface area contributed by atoms with Gasteiger partial charge in [-0.3, -0.25) is 4.90 Å². The smallest absolute Gasteiger partial charge is 0.0589 e. The third-order valence-corrected chi connectivity index (χ3v) is 3.16. The van der Waals surface area contributed by atoms with Gasteiger partial charge in [-0.1, -0.05) is 20.3 Å². The number of methoxy groups -OCH3 is 1. The maximum absolute atomic E-state index is 8.96. The first kappa shape index (κ1) is 16.8. The van der Waals surface area contributed by atoms with Gasteiger partial charge < -0.3 is 15.6 Å². The number of unbranched alkanes of at least 4 members (excludes halogenated alkanes) is 1. The highest BCUT2D eigenvalue weighted by molar-refractivity contribution is 4.69. The van der Waals surface area contributed by atoms with Crippen LogP contribution in [-0.2, 0) is 4.74 Å². The summed E-state index contributed by atoms with van der Waals surface area (Å²) in [5, 5.41) is 8.96. The molecule has 104 valence electrons. The Morgan fingerprint density at radius 1 is 1.18 bits per heavy atom. The van der Waals surface area contributed by atoms with Crippen molar-refractivity contribution in [1.29, 1.82) is 0 Å². The van der Waals surface area contributed by atoms with Gasteiger partial charge in [-0.2, -0.15) is 0 Å². The molecule has 17 heavy (non-hydrogen) atoms. The van der Waals surface area contributed by atoms with Crippen LogP contribution in [0.5, 0.6) is 0 Å². The minimum Gasteiger partial charge on any atom is -0.395 e. The molecule has 0 radical (unpaired) electrons. The second-order valence-corrected chi connectivity index (χ2v) is 5.38. The summed E-state index contributed by atoms with van der Waals surface area (Å²) in [6.07, 6.45) is 3.52. The lowest BCUT2D eigenvalue weighted by molar-refractivity contribution is 0.128. The van der Waals surface area contributed by atoms with Crippen LogP contribution in [0.2, 0.25) is 0 Å². The minimum atomic E-state index is 0.220. The summed E-state index contributed by atoms with van der Waals surface area (Å²) in [5.74, 6) is 0. The van der Waals surface area contributed by atoms with E-state index in [4.69, 9.17) is 15.6 Å². The van der Waals surface area contributed by atoms with E-state index in [0.29, 0.717) is 0 Å². The molecule has 3 N–H and O–H groups in total. The van der Waals surface area contributed by atoms with Gasteiger partial charge in [-0.25, -0.2) is 0 Å². The zero-order valence-corrected chi connectivity index (χ0v) is 11.7. The van der Waals surface area contributed by atoms with E-state index in [1.54, 1.807) is 7.11 Å². The van der Waals surface area contributed by atoms with E-state index in [1.165, 1.54) is 12.8 Å². The molecule has 0 saturated heterocycles. The van der Waals surface area contributed by atoms with Gasteiger partial charge >= 0.3 is 0 Å². The first-order chi connectivity index (χ1) is 8.05. The Balaban J connectivity index is 3.66. The molecular weight excluding hydrogens is 216 g/mol. The average Bonchev–Trinajstić information content (AvgIpc) is 2.31. The van der Waals surface area contributed by atoms with Gasteiger partial charge in [-0.15, -0.1) is 0 Å². The highest BCUT2D eigenvalue weighted by atomic mass is 16.5. The van der Waals surface area contributed by atoms with Crippen molar-refractivity contribution in [3.8, 4) is 0 Å². The second kappa shape index (κ2) is 9.83. The van der Waals surface area contributed by atoms with Crippen molar-refractivity contribution in [2.75, 3.05) is 46.5 Å². The molecule has 0 saturated carbocycles. The van der Waals surface area contributed by atoms with Crippen LogP contribution in [0.15, 0.2) is 0 Å². The summed E-state index contributed by atoms with van der Waals surface area (Å²) in [7, 11) is 1.71. The van der Waals surface area contributed by atoms with Gasteiger partial charge in [0, 0.05) is 20.2 Å². The lowest BCUT2D eigenvalue weighted by Gasteiger charge is -2.24. The predicted molar refractivity (Wildman–Crippen MR) is 72.1 cm³/mol. The molecule has 0 bridgehead atoms. The van der Waals surface area contributed by atoms with E-state index < -0.39 is 0 Å². The van der Waals surface area contributed by atoms with E-state index in [2.05, 4.69) is 18.7 Å². The van der Waals surface area contributed by atoms with Gasteiger partial charge in [0.1, 0.15) is 0 Å². The SMILES string of the molecule is COCCN(CCO)CCCCC(C)(C)CN. The lowest BCUT2D eigenvalue weighted by Crippen LogP contribution is -2.31. The summed E-state index contributed by atoms with van der Waals surface area (Å²) >= 11 is 0. The van der Waals surface area contributed by atoms with E-state index in [-0.39, 0.29) is 12.0 Å². The summed E-state index contributed by atoms with van der Waals surface area (Å²) in [6.45, 7) is 8.79. The van der Waals surface area contributed by atoms with Gasteiger partial charge in [0.15, 0.2) is 0 Å². The maximum Gasteiger partial charge on any atom is 0.0589 e. The number of ether oxygens (including phenoxy) is 1. The van der Waals surface area contributed by atoms with Gasteiger partial charge in [-0.05, 0) is 31.3 Å². The molecule has 0 aromatic carbocycles. The van der Waals surface area contributed by atoms with Gasteiger partial charge in [0.2, 0.25) is 0 Å². The Kier molecular flexibility index (Phi) is 9.74. The summed E-state index contributed by atoms with van der Waals surface area (Å²) in [5.41, 5.74) is 5.96. The molecular formula is C13H30N2O2. The molecule has 0 rings (SSSR count). The lowest BCUT2D eigenvalue weighted by atomic mass is 9.87. The fraction of sp³-hybridized carbons (Fsp3) is 1.00. The molecule has 0 aliphatic rings. The molecule has 0 atom stereocenters. The topological polar surface area (TPSA) is 58.7 Å². The van der Waals surface area contributed by atoms with Crippen LogP contribution in [0.4, 0.5) is 0 Å². The van der Waals surface area contributed by atoms with Gasteiger partial charge in [0.25, 0.3) is 0 Å².